The van der Waals surface area contributed by atoms with Gasteiger partial charge < -0.3 is 10.1 Å². The predicted octanol–water partition coefficient (Wildman–Crippen LogP) is 5.10. The molecule has 1 atom stereocenters. The first-order valence-corrected chi connectivity index (χ1v) is 9.53. The minimum Gasteiger partial charge on any atom is -0.496 e. The van der Waals surface area contributed by atoms with E-state index in [2.05, 4.69) is 71.9 Å². The molecule has 28 heavy (non-hydrogen) atoms. The van der Waals surface area contributed by atoms with E-state index in [9.17, 15) is 0 Å². The normalized spacial score (nSPS) is 12.2. The molecule has 4 rings (SSSR count). The first kappa shape index (κ1) is 18.3. The zero-order valence-electron chi connectivity index (χ0n) is 16.5. The second kappa shape index (κ2) is 7.87. The third-order valence-corrected chi connectivity index (χ3v) is 5.11. The van der Waals surface area contributed by atoms with Crippen molar-refractivity contribution in [1.29, 1.82) is 0 Å². The smallest absolute Gasteiger partial charge is 0.126 e. The number of fused-ring (bicyclic) bond motifs is 1. The van der Waals surface area contributed by atoms with Crippen LogP contribution in [0.1, 0.15) is 24.1 Å². The monoisotopic (exact) mass is 371 g/mol. The number of nitrogens with zero attached hydrogens (tertiary/aromatic N) is 2. The summed E-state index contributed by atoms with van der Waals surface area (Å²) in [6.07, 6.45) is 2.04. The lowest BCUT2D eigenvalue weighted by Crippen LogP contribution is -2.18. The number of ether oxygens (including phenoxy) is 1. The Bertz CT molecular complexity index is 1090. The number of hydrogen-bond donors (Lipinski definition) is 1. The Morgan fingerprint density at radius 1 is 1.04 bits per heavy atom. The molecule has 0 bridgehead atoms. The Balaban J connectivity index is 1.60. The summed E-state index contributed by atoms with van der Waals surface area (Å²) in [7, 11) is 3.66. The van der Waals surface area contributed by atoms with Gasteiger partial charge in [-0.3, -0.25) is 4.68 Å². The van der Waals surface area contributed by atoms with Crippen molar-refractivity contribution < 1.29 is 4.74 Å². The molecule has 4 aromatic rings. The van der Waals surface area contributed by atoms with Crippen LogP contribution in [0.2, 0.25) is 0 Å². The highest BCUT2D eigenvalue weighted by molar-refractivity contribution is 5.85. The lowest BCUT2D eigenvalue weighted by atomic mass is 10.00. The van der Waals surface area contributed by atoms with Gasteiger partial charge in [0.25, 0.3) is 0 Å². The molecular formula is C24H25N3O. The Kier molecular flexibility index (Phi) is 5.13. The molecule has 1 heterocycles. The quantitative estimate of drug-likeness (QED) is 0.512. The molecule has 0 fully saturated rings. The van der Waals surface area contributed by atoms with Gasteiger partial charge in [-0.25, -0.2) is 0 Å². The van der Waals surface area contributed by atoms with Crippen molar-refractivity contribution in [2.24, 2.45) is 7.05 Å². The van der Waals surface area contributed by atoms with Gasteiger partial charge in [0, 0.05) is 36.8 Å². The number of aryl methyl sites for hydroxylation is 1. The van der Waals surface area contributed by atoms with Crippen LogP contribution >= 0.6 is 0 Å². The summed E-state index contributed by atoms with van der Waals surface area (Å²) in [5.74, 6) is 0.878. The summed E-state index contributed by atoms with van der Waals surface area (Å²) in [4.78, 5) is 0. The van der Waals surface area contributed by atoms with Gasteiger partial charge in [0.2, 0.25) is 0 Å². The summed E-state index contributed by atoms with van der Waals surface area (Å²) < 4.78 is 7.47. The number of aromatic nitrogens is 2. The molecule has 3 aromatic carbocycles. The van der Waals surface area contributed by atoms with E-state index in [0.717, 1.165) is 34.3 Å². The summed E-state index contributed by atoms with van der Waals surface area (Å²) in [6.45, 7) is 2.98. The van der Waals surface area contributed by atoms with Gasteiger partial charge in [-0.15, -0.1) is 0 Å². The standard InChI is InChI=1S/C24H25N3O/c1-17(19-7-5-4-6-8-19)25-15-18-9-12-24(28-3)22(13-18)20-10-11-23-21(14-20)16-27(2)26-23/h4-14,16-17,25H,15H2,1-3H3. The second-order valence-corrected chi connectivity index (χ2v) is 7.12. The van der Waals surface area contributed by atoms with E-state index in [1.807, 2.05) is 30.1 Å². The van der Waals surface area contributed by atoms with Crippen molar-refractivity contribution in [3.05, 3.63) is 84.1 Å². The number of methoxy groups -OCH3 is 1. The van der Waals surface area contributed by atoms with E-state index in [1.165, 1.54) is 11.1 Å². The average molecular weight is 371 g/mol. The minimum absolute atomic E-state index is 0.290. The Hall–Kier alpha value is -3.11. The minimum atomic E-state index is 0.290. The average Bonchev–Trinajstić information content (AvgIpc) is 3.11. The number of nitrogens with one attached hydrogen (secondary N) is 1. The molecular weight excluding hydrogens is 346 g/mol. The van der Waals surface area contributed by atoms with Crippen molar-refractivity contribution in [1.82, 2.24) is 15.1 Å². The molecule has 0 aliphatic heterocycles. The maximum Gasteiger partial charge on any atom is 0.126 e. The van der Waals surface area contributed by atoms with Crippen LogP contribution in [-0.2, 0) is 13.6 Å². The van der Waals surface area contributed by atoms with Crippen LogP contribution in [0.5, 0.6) is 5.75 Å². The van der Waals surface area contributed by atoms with Gasteiger partial charge in [-0.2, -0.15) is 5.10 Å². The fraction of sp³-hybridized carbons (Fsp3) is 0.208. The van der Waals surface area contributed by atoms with Crippen molar-refractivity contribution >= 4 is 10.9 Å². The van der Waals surface area contributed by atoms with Gasteiger partial charge in [-0.1, -0.05) is 42.5 Å². The van der Waals surface area contributed by atoms with Crippen LogP contribution in [0.3, 0.4) is 0 Å². The Morgan fingerprint density at radius 2 is 1.86 bits per heavy atom. The fourth-order valence-electron chi connectivity index (χ4n) is 3.54. The molecule has 4 heteroatoms. The van der Waals surface area contributed by atoms with Gasteiger partial charge in [0.15, 0.2) is 0 Å². The Labute approximate surface area is 165 Å². The lowest BCUT2D eigenvalue weighted by molar-refractivity contribution is 0.416. The summed E-state index contributed by atoms with van der Waals surface area (Å²) in [6, 6.07) is 23.5. The highest BCUT2D eigenvalue weighted by Gasteiger charge is 2.10. The maximum atomic E-state index is 5.63. The molecule has 0 aliphatic rings. The first-order chi connectivity index (χ1) is 13.6. The first-order valence-electron chi connectivity index (χ1n) is 9.53. The molecule has 0 saturated heterocycles. The maximum absolute atomic E-state index is 5.63. The van der Waals surface area contributed by atoms with E-state index in [4.69, 9.17) is 4.74 Å². The predicted molar refractivity (Wildman–Crippen MR) is 114 cm³/mol. The van der Waals surface area contributed by atoms with Gasteiger partial charge in [0.05, 0.1) is 12.6 Å². The third kappa shape index (κ3) is 3.78. The topological polar surface area (TPSA) is 39.1 Å². The van der Waals surface area contributed by atoms with Gasteiger partial charge in [0.1, 0.15) is 5.75 Å². The van der Waals surface area contributed by atoms with E-state index >= 15 is 0 Å². The lowest BCUT2D eigenvalue weighted by Gasteiger charge is -2.16. The van der Waals surface area contributed by atoms with Crippen molar-refractivity contribution in [2.75, 3.05) is 7.11 Å². The summed E-state index contributed by atoms with van der Waals surface area (Å²) in [5, 5.41) is 9.20. The van der Waals surface area contributed by atoms with Crippen LogP contribution in [0.15, 0.2) is 72.9 Å². The molecule has 0 radical (unpaired) electrons. The van der Waals surface area contributed by atoms with Gasteiger partial charge in [-0.05, 0) is 47.9 Å². The van der Waals surface area contributed by atoms with Crippen molar-refractivity contribution in [2.45, 2.75) is 19.5 Å². The molecule has 0 saturated carbocycles. The summed E-state index contributed by atoms with van der Waals surface area (Å²) >= 11 is 0. The highest BCUT2D eigenvalue weighted by atomic mass is 16.5. The fourth-order valence-corrected chi connectivity index (χ4v) is 3.54. The van der Waals surface area contributed by atoms with Crippen LogP contribution in [0.4, 0.5) is 0 Å². The Morgan fingerprint density at radius 3 is 2.64 bits per heavy atom. The zero-order valence-corrected chi connectivity index (χ0v) is 16.5. The highest BCUT2D eigenvalue weighted by Crippen LogP contribution is 2.33. The molecule has 1 N–H and O–H groups in total. The van der Waals surface area contributed by atoms with Crippen LogP contribution in [0, 0.1) is 0 Å². The third-order valence-electron chi connectivity index (χ3n) is 5.11. The molecule has 0 amide bonds. The van der Waals surface area contributed by atoms with E-state index < -0.39 is 0 Å². The SMILES string of the molecule is COc1ccc(CNC(C)c2ccccc2)cc1-c1ccc2nn(C)cc2c1. The summed E-state index contributed by atoms with van der Waals surface area (Å²) in [5.41, 5.74) is 5.75. The molecule has 0 spiro atoms. The van der Waals surface area contributed by atoms with E-state index in [0.29, 0.717) is 6.04 Å². The van der Waals surface area contributed by atoms with Gasteiger partial charge >= 0.3 is 0 Å². The van der Waals surface area contributed by atoms with Crippen molar-refractivity contribution in [3.8, 4) is 16.9 Å². The molecule has 1 unspecified atom stereocenters. The molecule has 4 nitrogen and oxygen atoms in total. The number of rotatable bonds is 6. The van der Waals surface area contributed by atoms with E-state index in [1.54, 1.807) is 7.11 Å². The largest absolute Gasteiger partial charge is 0.496 e. The van der Waals surface area contributed by atoms with Crippen LogP contribution in [-0.4, -0.2) is 16.9 Å². The molecule has 142 valence electrons. The van der Waals surface area contributed by atoms with Crippen LogP contribution < -0.4 is 10.1 Å². The van der Waals surface area contributed by atoms with Crippen LogP contribution in [0.25, 0.3) is 22.0 Å². The second-order valence-electron chi connectivity index (χ2n) is 7.12. The number of benzene rings is 3. The zero-order chi connectivity index (χ0) is 19.5. The molecule has 1 aromatic heterocycles. The number of hydrogen-bond acceptors (Lipinski definition) is 3. The van der Waals surface area contributed by atoms with E-state index in [-0.39, 0.29) is 0 Å². The molecule has 0 aliphatic carbocycles. The van der Waals surface area contributed by atoms with Crippen molar-refractivity contribution in [3.63, 3.8) is 0 Å².